The van der Waals surface area contributed by atoms with Crippen LogP contribution in [-0.2, 0) is 0 Å². The molecule has 1 heterocycles. The van der Waals surface area contributed by atoms with Gasteiger partial charge in [-0.25, -0.2) is 0 Å². The lowest BCUT2D eigenvalue weighted by atomic mass is 10.1. The number of benzene rings is 2. The van der Waals surface area contributed by atoms with Gasteiger partial charge in [-0.3, -0.25) is 4.79 Å². The van der Waals surface area contributed by atoms with E-state index in [0.717, 1.165) is 18.8 Å². The van der Waals surface area contributed by atoms with Crippen molar-refractivity contribution < 1.29 is 9.53 Å². The van der Waals surface area contributed by atoms with Crippen molar-refractivity contribution in [3.05, 3.63) is 53.1 Å². The van der Waals surface area contributed by atoms with E-state index in [0.29, 0.717) is 16.3 Å². The Labute approximate surface area is 147 Å². The van der Waals surface area contributed by atoms with Crippen molar-refractivity contribution in [1.29, 1.82) is 0 Å². The van der Waals surface area contributed by atoms with Crippen LogP contribution < -0.4 is 15.0 Å². The van der Waals surface area contributed by atoms with E-state index in [1.54, 1.807) is 18.2 Å². The van der Waals surface area contributed by atoms with Crippen molar-refractivity contribution >= 4 is 28.9 Å². The van der Waals surface area contributed by atoms with Crippen LogP contribution in [0.2, 0.25) is 5.02 Å². The van der Waals surface area contributed by atoms with Crippen LogP contribution in [0.3, 0.4) is 0 Å². The monoisotopic (exact) mass is 344 g/mol. The largest absolute Gasteiger partial charge is 0.496 e. The third-order valence-corrected chi connectivity index (χ3v) is 4.49. The molecule has 0 aliphatic carbocycles. The molecule has 1 amide bonds. The summed E-state index contributed by atoms with van der Waals surface area (Å²) in [5, 5.41) is 3.40. The summed E-state index contributed by atoms with van der Waals surface area (Å²) in [4.78, 5) is 14.9. The summed E-state index contributed by atoms with van der Waals surface area (Å²) in [7, 11) is 1.54. The first-order valence-corrected chi connectivity index (χ1v) is 8.55. The van der Waals surface area contributed by atoms with Crippen molar-refractivity contribution in [2.45, 2.75) is 19.3 Å². The molecule has 0 radical (unpaired) electrons. The molecular formula is C19H21ClN2O2. The molecule has 126 valence electrons. The molecule has 1 fully saturated rings. The molecule has 0 aromatic heterocycles. The zero-order chi connectivity index (χ0) is 16.9. The van der Waals surface area contributed by atoms with Gasteiger partial charge in [-0.05, 0) is 61.7 Å². The molecule has 0 spiro atoms. The molecule has 5 heteroatoms. The van der Waals surface area contributed by atoms with Crippen LogP contribution in [-0.4, -0.2) is 26.1 Å². The quantitative estimate of drug-likeness (QED) is 0.881. The van der Waals surface area contributed by atoms with Gasteiger partial charge in [-0.15, -0.1) is 0 Å². The van der Waals surface area contributed by atoms with Crippen LogP contribution >= 0.6 is 11.6 Å². The van der Waals surface area contributed by atoms with Crippen molar-refractivity contribution in [3.63, 3.8) is 0 Å². The minimum atomic E-state index is -0.236. The van der Waals surface area contributed by atoms with Gasteiger partial charge in [0.2, 0.25) is 0 Å². The van der Waals surface area contributed by atoms with Crippen LogP contribution in [0.25, 0.3) is 0 Å². The van der Waals surface area contributed by atoms with Crippen molar-refractivity contribution in [2.75, 3.05) is 30.4 Å². The van der Waals surface area contributed by atoms with Crippen LogP contribution in [0.5, 0.6) is 5.75 Å². The molecule has 2 aromatic rings. The molecule has 0 atom stereocenters. The molecule has 0 bridgehead atoms. The zero-order valence-corrected chi connectivity index (χ0v) is 14.5. The van der Waals surface area contributed by atoms with E-state index in [4.69, 9.17) is 16.3 Å². The second kappa shape index (κ2) is 7.58. The molecule has 4 nitrogen and oxygen atoms in total. The Hall–Kier alpha value is -2.20. The number of carbonyl (C=O) groups excluding carboxylic acids is 1. The average Bonchev–Trinajstić information content (AvgIpc) is 2.63. The number of methoxy groups -OCH3 is 1. The first-order chi connectivity index (χ1) is 11.7. The predicted octanol–water partition coefficient (Wildman–Crippen LogP) is 4.59. The lowest BCUT2D eigenvalue weighted by Gasteiger charge is -2.28. The summed E-state index contributed by atoms with van der Waals surface area (Å²) in [6.07, 6.45) is 3.80. The normalized spacial score (nSPS) is 14.3. The lowest BCUT2D eigenvalue weighted by molar-refractivity contribution is 0.102. The van der Waals surface area contributed by atoms with E-state index >= 15 is 0 Å². The number of anilines is 2. The molecule has 1 aliphatic rings. The molecular weight excluding hydrogens is 324 g/mol. The number of carbonyl (C=O) groups is 1. The molecule has 2 aromatic carbocycles. The minimum Gasteiger partial charge on any atom is -0.496 e. The molecule has 1 N–H and O–H groups in total. The highest BCUT2D eigenvalue weighted by molar-refractivity contribution is 6.31. The van der Waals surface area contributed by atoms with Gasteiger partial charge >= 0.3 is 0 Å². The second-order valence-corrected chi connectivity index (χ2v) is 6.33. The molecule has 24 heavy (non-hydrogen) atoms. The number of ether oxygens (including phenoxy) is 1. The minimum absolute atomic E-state index is 0.236. The predicted molar refractivity (Wildman–Crippen MR) is 98.5 cm³/mol. The van der Waals surface area contributed by atoms with Crippen LogP contribution in [0.15, 0.2) is 42.5 Å². The summed E-state index contributed by atoms with van der Waals surface area (Å²) in [5.74, 6) is 0.266. The fraction of sp³-hybridized carbons (Fsp3) is 0.316. The number of halogens is 1. The summed E-state index contributed by atoms with van der Waals surface area (Å²) >= 11 is 5.99. The number of amides is 1. The molecule has 0 unspecified atom stereocenters. The number of nitrogens with zero attached hydrogens (tertiary/aromatic N) is 1. The van der Waals surface area contributed by atoms with Crippen LogP contribution in [0.1, 0.15) is 29.6 Å². The number of hydrogen-bond acceptors (Lipinski definition) is 3. The van der Waals surface area contributed by atoms with Gasteiger partial charge in [0.1, 0.15) is 5.75 Å². The van der Waals surface area contributed by atoms with Crippen molar-refractivity contribution in [3.8, 4) is 5.75 Å². The first-order valence-electron chi connectivity index (χ1n) is 8.17. The smallest absolute Gasteiger partial charge is 0.259 e. The highest BCUT2D eigenvalue weighted by atomic mass is 35.5. The standard InChI is InChI=1S/C19H21ClN2O2/c1-24-18-10-5-14(20)13-17(18)19(23)21-15-6-8-16(9-7-15)22-11-3-2-4-12-22/h5-10,13H,2-4,11-12H2,1H3,(H,21,23). The summed E-state index contributed by atoms with van der Waals surface area (Å²) in [6.45, 7) is 2.21. The van der Waals surface area contributed by atoms with Crippen LogP contribution in [0.4, 0.5) is 11.4 Å². The maximum absolute atomic E-state index is 12.5. The Balaban J connectivity index is 1.71. The van der Waals surface area contributed by atoms with E-state index in [1.807, 2.05) is 12.1 Å². The topological polar surface area (TPSA) is 41.6 Å². The molecule has 1 aliphatic heterocycles. The molecule has 1 saturated heterocycles. The average molecular weight is 345 g/mol. The second-order valence-electron chi connectivity index (χ2n) is 5.89. The summed E-state index contributed by atoms with van der Waals surface area (Å²) in [6, 6.07) is 13.0. The van der Waals surface area contributed by atoms with Crippen molar-refractivity contribution in [2.24, 2.45) is 0 Å². The zero-order valence-electron chi connectivity index (χ0n) is 13.7. The van der Waals surface area contributed by atoms with Gasteiger partial charge in [-0.2, -0.15) is 0 Å². The maximum Gasteiger partial charge on any atom is 0.259 e. The van der Waals surface area contributed by atoms with E-state index < -0.39 is 0 Å². The Morgan fingerprint density at radius 2 is 1.79 bits per heavy atom. The van der Waals surface area contributed by atoms with Crippen molar-refractivity contribution in [1.82, 2.24) is 0 Å². The van der Waals surface area contributed by atoms with E-state index in [1.165, 1.54) is 32.1 Å². The summed E-state index contributed by atoms with van der Waals surface area (Å²) in [5.41, 5.74) is 2.38. The SMILES string of the molecule is COc1ccc(Cl)cc1C(=O)Nc1ccc(N2CCCCC2)cc1. The molecule has 0 saturated carbocycles. The Morgan fingerprint density at radius 3 is 2.46 bits per heavy atom. The van der Waals surface area contributed by atoms with Gasteiger partial charge in [0, 0.05) is 29.5 Å². The number of rotatable bonds is 4. The Kier molecular flexibility index (Phi) is 5.26. The maximum atomic E-state index is 12.5. The summed E-state index contributed by atoms with van der Waals surface area (Å²) < 4.78 is 5.23. The third-order valence-electron chi connectivity index (χ3n) is 4.25. The highest BCUT2D eigenvalue weighted by Gasteiger charge is 2.14. The molecule has 3 rings (SSSR count). The number of nitrogens with one attached hydrogen (secondary N) is 1. The van der Waals surface area contributed by atoms with E-state index in [9.17, 15) is 4.79 Å². The van der Waals surface area contributed by atoms with E-state index in [2.05, 4.69) is 22.3 Å². The first kappa shape index (κ1) is 16.7. The number of piperidine rings is 1. The van der Waals surface area contributed by atoms with Gasteiger partial charge in [0.25, 0.3) is 5.91 Å². The van der Waals surface area contributed by atoms with Gasteiger partial charge in [0.15, 0.2) is 0 Å². The Morgan fingerprint density at radius 1 is 1.08 bits per heavy atom. The van der Waals surface area contributed by atoms with Gasteiger partial charge in [0.05, 0.1) is 12.7 Å². The van der Waals surface area contributed by atoms with Gasteiger partial charge < -0.3 is 15.0 Å². The fourth-order valence-corrected chi connectivity index (χ4v) is 3.14. The van der Waals surface area contributed by atoms with Gasteiger partial charge in [-0.1, -0.05) is 11.6 Å². The van der Waals surface area contributed by atoms with Crippen LogP contribution in [0, 0.1) is 0 Å². The highest BCUT2D eigenvalue weighted by Crippen LogP contribution is 2.25. The fourth-order valence-electron chi connectivity index (χ4n) is 2.96. The number of hydrogen-bond donors (Lipinski definition) is 1. The third kappa shape index (κ3) is 3.82. The van der Waals surface area contributed by atoms with E-state index in [-0.39, 0.29) is 5.91 Å². The lowest BCUT2D eigenvalue weighted by Crippen LogP contribution is -2.29. The Bertz CT molecular complexity index is 710.